The van der Waals surface area contributed by atoms with E-state index in [0.29, 0.717) is 37.3 Å². The molecule has 5 rings (SSSR count). The van der Waals surface area contributed by atoms with Crippen molar-refractivity contribution in [3.05, 3.63) is 89.5 Å². The van der Waals surface area contributed by atoms with Gasteiger partial charge in [-0.25, -0.2) is 0 Å². The Bertz CT molecular complexity index is 1530. The lowest BCUT2D eigenvalue weighted by Crippen LogP contribution is -2.33. The molecule has 3 aromatic rings. The van der Waals surface area contributed by atoms with Gasteiger partial charge in [0.1, 0.15) is 11.7 Å². The number of amidine groups is 2. The van der Waals surface area contributed by atoms with E-state index in [2.05, 4.69) is 20.8 Å². The zero-order valence-electron chi connectivity index (χ0n) is 24.5. The van der Waals surface area contributed by atoms with Crippen LogP contribution in [0.4, 0.5) is 37.7 Å². The molecular formula is C29H32F6N6O3S. The summed E-state index contributed by atoms with van der Waals surface area (Å²) in [7, 11) is -0.718. The summed E-state index contributed by atoms with van der Waals surface area (Å²) < 4.78 is 105. The fourth-order valence-electron chi connectivity index (χ4n) is 4.09. The predicted octanol–water partition coefficient (Wildman–Crippen LogP) is 6.14. The van der Waals surface area contributed by atoms with Crippen LogP contribution in [-0.4, -0.2) is 51.8 Å². The van der Waals surface area contributed by atoms with Crippen molar-refractivity contribution in [3.63, 3.8) is 0 Å². The third-order valence-corrected chi connectivity index (χ3v) is 7.37. The second kappa shape index (κ2) is 14.6. The van der Waals surface area contributed by atoms with E-state index in [4.69, 9.17) is 4.55 Å². The van der Waals surface area contributed by atoms with Crippen molar-refractivity contribution < 1.29 is 39.3 Å². The van der Waals surface area contributed by atoms with Gasteiger partial charge in [-0.3, -0.25) is 35.4 Å². The third-order valence-electron chi connectivity index (χ3n) is 6.50. The van der Waals surface area contributed by atoms with E-state index in [1.807, 2.05) is 6.92 Å². The van der Waals surface area contributed by atoms with Crippen LogP contribution in [0.5, 0.6) is 0 Å². The Morgan fingerprint density at radius 2 is 1.11 bits per heavy atom. The molecule has 0 aliphatic carbocycles. The number of aliphatic imine (C=N–C) groups is 2. The van der Waals surface area contributed by atoms with Crippen molar-refractivity contribution >= 4 is 33.2 Å². The largest absolute Gasteiger partial charge is 0.416 e. The van der Waals surface area contributed by atoms with Crippen LogP contribution < -0.4 is 20.9 Å². The molecule has 0 bridgehead atoms. The van der Waals surface area contributed by atoms with Crippen LogP contribution in [0.15, 0.2) is 87.7 Å². The number of anilines is 2. The van der Waals surface area contributed by atoms with Gasteiger partial charge in [-0.05, 0) is 55.5 Å². The molecule has 0 saturated carbocycles. The van der Waals surface area contributed by atoms with Crippen molar-refractivity contribution in [1.82, 2.24) is 10.9 Å². The molecule has 3 N–H and O–H groups in total. The number of aryl methyl sites for hydroxylation is 1. The quantitative estimate of drug-likeness (QED) is 0.229. The molecule has 16 heteroatoms. The van der Waals surface area contributed by atoms with E-state index in [1.54, 1.807) is 48.4 Å². The van der Waals surface area contributed by atoms with Crippen LogP contribution in [0.3, 0.4) is 0 Å². The van der Waals surface area contributed by atoms with Gasteiger partial charge in [-0.15, -0.1) is 0 Å². The monoisotopic (exact) mass is 658 g/mol. The summed E-state index contributed by atoms with van der Waals surface area (Å²) >= 11 is 0. The summed E-state index contributed by atoms with van der Waals surface area (Å²) in [5.41, 5.74) is 6.58. The minimum atomic E-state index is -4.31. The van der Waals surface area contributed by atoms with E-state index in [1.165, 1.54) is 24.3 Å². The van der Waals surface area contributed by atoms with Crippen LogP contribution in [0, 0.1) is 6.92 Å². The SMILES string of the molecule is CN=C1CCN(c2cccc(C(F)(F)F)c2)N1.CN=C1CCN(c2cccc(C(F)(F)F)c2)N1.Cc1ccc(S(=O)(=O)O)cc1. The summed E-state index contributed by atoms with van der Waals surface area (Å²) in [6.45, 7) is 3.08. The molecule has 2 heterocycles. The average molecular weight is 659 g/mol. The van der Waals surface area contributed by atoms with Crippen LogP contribution in [0.2, 0.25) is 0 Å². The van der Waals surface area contributed by atoms with Gasteiger partial charge in [0, 0.05) is 40.0 Å². The maximum atomic E-state index is 12.5. The van der Waals surface area contributed by atoms with Gasteiger partial charge in [0.25, 0.3) is 10.1 Å². The maximum absolute atomic E-state index is 12.5. The van der Waals surface area contributed by atoms with E-state index in [0.717, 1.165) is 41.5 Å². The minimum absolute atomic E-state index is 0.0666. The molecule has 2 fully saturated rings. The Balaban J connectivity index is 0.000000189. The summed E-state index contributed by atoms with van der Waals surface area (Å²) in [5.74, 6) is 1.56. The number of hydrazine groups is 2. The number of nitrogens with zero attached hydrogens (tertiary/aromatic N) is 4. The minimum Gasteiger partial charge on any atom is -0.286 e. The zero-order chi connectivity index (χ0) is 33.4. The fourth-order valence-corrected chi connectivity index (χ4v) is 4.57. The maximum Gasteiger partial charge on any atom is 0.416 e. The number of nitrogens with one attached hydrogen (secondary N) is 2. The molecular weight excluding hydrogens is 626 g/mol. The van der Waals surface area contributed by atoms with E-state index >= 15 is 0 Å². The lowest BCUT2D eigenvalue weighted by atomic mass is 10.2. The average Bonchev–Trinajstić information content (AvgIpc) is 3.67. The Hall–Kier alpha value is -4.31. The summed E-state index contributed by atoms with van der Waals surface area (Å²) in [6.07, 6.45) is -7.19. The first-order valence-corrected chi connectivity index (χ1v) is 14.8. The molecule has 0 unspecified atom stereocenters. The molecule has 2 aliphatic heterocycles. The molecule has 45 heavy (non-hydrogen) atoms. The second-order valence-corrected chi connectivity index (χ2v) is 11.2. The first kappa shape index (κ1) is 35.2. The van der Waals surface area contributed by atoms with Gasteiger partial charge in [0.15, 0.2) is 0 Å². The molecule has 9 nitrogen and oxygen atoms in total. The van der Waals surface area contributed by atoms with Crippen molar-refractivity contribution in [2.75, 3.05) is 37.2 Å². The first-order valence-electron chi connectivity index (χ1n) is 13.4. The standard InChI is InChI=1S/2C11H12F3N3.C7H8O3S/c2*1-15-10-5-6-17(16-10)9-4-2-3-8(7-9)11(12,13)14;1-6-2-4-7(5-3-6)11(8,9)10/h2*2-4,7H,5-6H2,1H3,(H,15,16);2-5H,1H3,(H,8,9,10). The Morgan fingerprint density at radius 3 is 1.42 bits per heavy atom. The highest BCUT2D eigenvalue weighted by molar-refractivity contribution is 7.85. The molecule has 3 aromatic carbocycles. The molecule has 0 radical (unpaired) electrons. The number of alkyl halides is 6. The number of halogens is 6. The van der Waals surface area contributed by atoms with Crippen LogP contribution in [0.25, 0.3) is 0 Å². The lowest BCUT2D eigenvalue weighted by Gasteiger charge is -2.19. The Labute approximate surface area is 257 Å². The Morgan fingerprint density at radius 1 is 0.711 bits per heavy atom. The van der Waals surface area contributed by atoms with Gasteiger partial charge in [-0.2, -0.15) is 34.8 Å². The van der Waals surface area contributed by atoms with Gasteiger partial charge < -0.3 is 0 Å². The van der Waals surface area contributed by atoms with E-state index in [-0.39, 0.29) is 4.90 Å². The zero-order valence-corrected chi connectivity index (χ0v) is 25.3. The van der Waals surface area contributed by atoms with Crippen LogP contribution in [-0.2, 0) is 22.5 Å². The van der Waals surface area contributed by atoms with Gasteiger partial charge in [-0.1, -0.05) is 29.8 Å². The van der Waals surface area contributed by atoms with Gasteiger partial charge in [0.05, 0.1) is 27.4 Å². The molecule has 0 spiro atoms. The van der Waals surface area contributed by atoms with Crippen LogP contribution in [0.1, 0.15) is 29.5 Å². The number of hydrogen-bond donors (Lipinski definition) is 3. The molecule has 244 valence electrons. The normalized spacial score (nSPS) is 16.8. The van der Waals surface area contributed by atoms with Gasteiger partial charge >= 0.3 is 12.4 Å². The molecule has 0 atom stereocenters. The molecule has 0 aromatic heterocycles. The Kier molecular flexibility index (Phi) is 11.4. The smallest absolute Gasteiger partial charge is 0.286 e. The fraction of sp³-hybridized carbons (Fsp3) is 0.310. The van der Waals surface area contributed by atoms with E-state index in [9.17, 15) is 34.8 Å². The highest BCUT2D eigenvalue weighted by atomic mass is 32.2. The predicted molar refractivity (Wildman–Crippen MR) is 161 cm³/mol. The lowest BCUT2D eigenvalue weighted by molar-refractivity contribution is -0.138. The summed E-state index contributed by atoms with van der Waals surface area (Å²) in [5, 5.41) is 3.33. The number of rotatable bonds is 3. The van der Waals surface area contributed by atoms with Gasteiger partial charge in [0.2, 0.25) is 0 Å². The topological polar surface area (TPSA) is 110 Å². The molecule has 2 aliphatic rings. The number of hydrogen-bond acceptors (Lipinski definition) is 6. The summed E-state index contributed by atoms with van der Waals surface area (Å²) in [6, 6.07) is 16.5. The van der Waals surface area contributed by atoms with Crippen molar-refractivity contribution in [3.8, 4) is 0 Å². The van der Waals surface area contributed by atoms with E-state index < -0.39 is 33.6 Å². The van der Waals surface area contributed by atoms with Crippen molar-refractivity contribution in [2.24, 2.45) is 9.98 Å². The third kappa shape index (κ3) is 10.4. The number of benzene rings is 3. The van der Waals surface area contributed by atoms with Crippen molar-refractivity contribution in [1.29, 1.82) is 0 Å². The first-order chi connectivity index (χ1) is 21.0. The van der Waals surface area contributed by atoms with Crippen molar-refractivity contribution in [2.45, 2.75) is 37.0 Å². The second-order valence-electron chi connectivity index (χ2n) is 9.75. The highest BCUT2D eigenvalue weighted by Gasteiger charge is 2.32. The molecule has 2 saturated heterocycles. The highest BCUT2D eigenvalue weighted by Crippen LogP contribution is 2.33. The van der Waals surface area contributed by atoms with Crippen LogP contribution >= 0.6 is 0 Å². The molecule has 0 amide bonds. The summed E-state index contributed by atoms with van der Waals surface area (Å²) in [4.78, 5) is 7.89.